The highest BCUT2D eigenvalue weighted by atomic mass is 32.2. The quantitative estimate of drug-likeness (QED) is 0.209. The molecule has 0 aromatic carbocycles. The third-order valence-corrected chi connectivity index (χ3v) is 5.76. The summed E-state index contributed by atoms with van der Waals surface area (Å²) in [6, 6.07) is 0. The number of rotatable bonds is 16. The third-order valence-electron chi connectivity index (χ3n) is 4.43. The molecule has 6 nitrogen and oxygen atoms in total. The van der Waals surface area contributed by atoms with Gasteiger partial charge in [0.2, 0.25) is 0 Å². The largest absolute Gasteiger partial charge is 0.469 e. The van der Waals surface area contributed by atoms with Gasteiger partial charge < -0.3 is 14.2 Å². The molecule has 0 rings (SSSR count). The molecule has 164 valence electrons. The average molecular weight is 419 g/mol. The van der Waals surface area contributed by atoms with Crippen molar-refractivity contribution in [2.45, 2.75) is 72.6 Å². The van der Waals surface area contributed by atoms with E-state index in [0.29, 0.717) is 31.1 Å². The van der Waals surface area contributed by atoms with Gasteiger partial charge in [-0.05, 0) is 26.2 Å². The monoisotopic (exact) mass is 418 g/mol. The van der Waals surface area contributed by atoms with Crippen LogP contribution in [0.2, 0.25) is 0 Å². The molecule has 0 amide bonds. The van der Waals surface area contributed by atoms with Crippen LogP contribution in [0.4, 0.5) is 0 Å². The van der Waals surface area contributed by atoms with Crippen LogP contribution in [0.1, 0.15) is 72.6 Å². The van der Waals surface area contributed by atoms with E-state index in [-0.39, 0.29) is 24.3 Å². The summed E-state index contributed by atoms with van der Waals surface area (Å²) in [6.07, 6.45) is 5.58. The SMILES string of the molecule is CCCCCCOC(=O)C(C)CC(C)(CSCCC(=O)OC)C(=O)OCCC. The van der Waals surface area contributed by atoms with Gasteiger partial charge in [-0.15, -0.1) is 0 Å². The molecule has 0 heterocycles. The van der Waals surface area contributed by atoms with E-state index in [2.05, 4.69) is 11.7 Å². The van der Waals surface area contributed by atoms with Gasteiger partial charge in [0.1, 0.15) is 0 Å². The van der Waals surface area contributed by atoms with Gasteiger partial charge in [0, 0.05) is 11.5 Å². The molecule has 0 saturated carbocycles. The molecule has 0 aliphatic heterocycles. The molecular formula is C21H38O6S. The highest BCUT2D eigenvalue weighted by Crippen LogP contribution is 2.33. The second kappa shape index (κ2) is 15.7. The zero-order valence-corrected chi connectivity index (χ0v) is 19.0. The van der Waals surface area contributed by atoms with E-state index in [1.54, 1.807) is 6.92 Å². The normalized spacial score (nSPS) is 14.0. The van der Waals surface area contributed by atoms with Gasteiger partial charge in [0.05, 0.1) is 38.1 Å². The Labute approximate surface area is 174 Å². The van der Waals surface area contributed by atoms with Crippen LogP contribution in [0.3, 0.4) is 0 Å². The lowest BCUT2D eigenvalue weighted by Crippen LogP contribution is -2.36. The summed E-state index contributed by atoms with van der Waals surface area (Å²) >= 11 is 1.49. The number of carbonyl (C=O) groups is 3. The Bertz CT molecular complexity index is 468. The summed E-state index contributed by atoms with van der Waals surface area (Å²) in [5.41, 5.74) is -0.809. The topological polar surface area (TPSA) is 78.9 Å². The van der Waals surface area contributed by atoms with Gasteiger partial charge in [-0.2, -0.15) is 11.8 Å². The minimum atomic E-state index is -0.809. The van der Waals surface area contributed by atoms with Gasteiger partial charge in [-0.25, -0.2) is 0 Å². The molecule has 0 spiro atoms. The highest BCUT2D eigenvalue weighted by molar-refractivity contribution is 7.99. The number of carbonyl (C=O) groups excluding carboxylic acids is 3. The number of unbranched alkanes of at least 4 members (excludes halogenated alkanes) is 3. The van der Waals surface area contributed by atoms with Crippen LogP contribution in [0.5, 0.6) is 0 Å². The van der Waals surface area contributed by atoms with Gasteiger partial charge in [0.15, 0.2) is 0 Å². The molecular weight excluding hydrogens is 380 g/mol. The maximum atomic E-state index is 12.6. The number of ether oxygens (including phenoxy) is 3. The fourth-order valence-electron chi connectivity index (χ4n) is 2.73. The predicted molar refractivity (Wildman–Crippen MR) is 112 cm³/mol. The molecule has 0 aromatic rings. The van der Waals surface area contributed by atoms with Crippen molar-refractivity contribution in [3.8, 4) is 0 Å². The fraction of sp³-hybridized carbons (Fsp3) is 0.857. The van der Waals surface area contributed by atoms with Crippen LogP contribution in [0.25, 0.3) is 0 Å². The Hall–Kier alpha value is -1.24. The summed E-state index contributed by atoms with van der Waals surface area (Å²) in [6.45, 7) is 8.47. The summed E-state index contributed by atoms with van der Waals surface area (Å²) < 4.78 is 15.4. The number of methoxy groups -OCH3 is 1. The van der Waals surface area contributed by atoms with Crippen molar-refractivity contribution in [2.75, 3.05) is 31.8 Å². The first kappa shape index (κ1) is 26.8. The molecule has 0 aliphatic carbocycles. The number of hydrogen-bond acceptors (Lipinski definition) is 7. The molecule has 0 saturated heterocycles. The van der Waals surface area contributed by atoms with Gasteiger partial charge in [0.25, 0.3) is 0 Å². The number of hydrogen-bond donors (Lipinski definition) is 0. The molecule has 28 heavy (non-hydrogen) atoms. The standard InChI is InChI=1S/C21H38O6S/c1-6-8-9-10-13-26-19(23)17(3)15-21(4,20(24)27-12-7-2)16-28-14-11-18(22)25-5/h17H,6-16H2,1-5H3. The second-order valence-electron chi connectivity index (χ2n) is 7.41. The molecule has 0 fully saturated rings. The van der Waals surface area contributed by atoms with E-state index in [4.69, 9.17) is 9.47 Å². The maximum Gasteiger partial charge on any atom is 0.312 e. The molecule has 0 bridgehead atoms. The van der Waals surface area contributed by atoms with E-state index >= 15 is 0 Å². The van der Waals surface area contributed by atoms with Crippen molar-refractivity contribution < 1.29 is 28.6 Å². The lowest BCUT2D eigenvalue weighted by molar-refractivity contribution is -0.157. The van der Waals surface area contributed by atoms with Crippen LogP contribution in [-0.4, -0.2) is 49.7 Å². The Morgan fingerprint density at radius 3 is 2.32 bits per heavy atom. The van der Waals surface area contributed by atoms with Crippen molar-refractivity contribution in [1.29, 1.82) is 0 Å². The molecule has 0 aromatic heterocycles. The Kier molecular flexibility index (Phi) is 15.0. The number of thioether (sulfide) groups is 1. The van der Waals surface area contributed by atoms with Crippen LogP contribution >= 0.6 is 11.8 Å². The molecule has 2 atom stereocenters. The minimum Gasteiger partial charge on any atom is -0.469 e. The fourth-order valence-corrected chi connectivity index (χ4v) is 3.87. The summed E-state index contributed by atoms with van der Waals surface area (Å²) in [7, 11) is 1.36. The highest BCUT2D eigenvalue weighted by Gasteiger charge is 2.38. The molecule has 0 radical (unpaired) electrons. The lowest BCUT2D eigenvalue weighted by atomic mass is 9.83. The number of esters is 3. The first-order chi connectivity index (χ1) is 13.3. The Morgan fingerprint density at radius 1 is 1.00 bits per heavy atom. The van der Waals surface area contributed by atoms with E-state index in [1.807, 2.05) is 13.8 Å². The van der Waals surface area contributed by atoms with Crippen LogP contribution in [-0.2, 0) is 28.6 Å². The second-order valence-corrected chi connectivity index (χ2v) is 8.51. The van der Waals surface area contributed by atoms with Crippen molar-refractivity contribution in [3.05, 3.63) is 0 Å². The zero-order valence-electron chi connectivity index (χ0n) is 18.2. The molecule has 7 heteroatoms. The van der Waals surface area contributed by atoms with E-state index < -0.39 is 11.3 Å². The lowest BCUT2D eigenvalue weighted by Gasteiger charge is -2.29. The van der Waals surface area contributed by atoms with E-state index in [9.17, 15) is 14.4 Å². The maximum absolute atomic E-state index is 12.6. The Balaban J connectivity index is 4.69. The Morgan fingerprint density at radius 2 is 1.71 bits per heavy atom. The van der Waals surface area contributed by atoms with Crippen LogP contribution < -0.4 is 0 Å². The van der Waals surface area contributed by atoms with Crippen molar-refractivity contribution in [1.82, 2.24) is 0 Å². The average Bonchev–Trinajstić information content (AvgIpc) is 2.68. The first-order valence-corrected chi connectivity index (χ1v) is 11.4. The van der Waals surface area contributed by atoms with Gasteiger partial charge in [-0.1, -0.05) is 40.0 Å². The zero-order chi connectivity index (χ0) is 21.4. The van der Waals surface area contributed by atoms with Crippen LogP contribution in [0, 0.1) is 11.3 Å². The minimum absolute atomic E-state index is 0.273. The van der Waals surface area contributed by atoms with E-state index in [0.717, 1.165) is 32.1 Å². The predicted octanol–water partition coefficient (Wildman–Crippen LogP) is 4.39. The molecule has 0 N–H and O–H groups in total. The third kappa shape index (κ3) is 11.6. The smallest absolute Gasteiger partial charge is 0.312 e. The molecule has 0 aliphatic rings. The van der Waals surface area contributed by atoms with Crippen molar-refractivity contribution in [2.24, 2.45) is 11.3 Å². The van der Waals surface area contributed by atoms with Crippen LogP contribution in [0.15, 0.2) is 0 Å². The summed E-state index contributed by atoms with van der Waals surface area (Å²) in [5.74, 6) is -0.220. The van der Waals surface area contributed by atoms with Crippen molar-refractivity contribution >= 4 is 29.7 Å². The summed E-state index contributed by atoms with van der Waals surface area (Å²) in [4.78, 5) is 36.2. The summed E-state index contributed by atoms with van der Waals surface area (Å²) in [5, 5.41) is 0. The van der Waals surface area contributed by atoms with Crippen molar-refractivity contribution in [3.63, 3.8) is 0 Å². The first-order valence-electron chi connectivity index (χ1n) is 10.3. The molecule has 2 unspecified atom stereocenters. The van der Waals surface area contributed by atoms with Gasteiger partial charge >= 0.3 is 17.9 Å². The van der Waals surface area contributed by atoms with Gasteiger partial charge in [-0.3, -0.25) is 14.4 Å². The van der Waals surface area contributed by atoms with E-state index in [1.165, 1.54) is 18.9 Å².